The molecule has 0 fully saturated rings. The molecule has 0 saturated heterocycles. The van der Waals surface area contributed by atoms with E-state index in [2.05, 4.69) is 29.0 Å². The maximum Gasteiger partial charge on any atom is 0.225 e. The molecule has 0 saturated carbocycles. The summed E-state index contributed by atoms with van der Waals surface area (Å²) in [5, 5.41) is 2.87. The van der Waals surface area contributed by atoms with E-state index in [9.17, 15) is 4.79 Å². The summed E-state index contributed by atoms with van der Waals surface area (Å²) in [7, 11) is 0. The average molecular weight is 325 g/mol. The first-order chi connectivity index (χ1) is 11.7. The Balaban J connectivity index is 1.87. The van der Waals surface area contributed by atoms with Crippen molar-refractivity contribution in [2.75, 3.05) is 23.3 Å². The second kappa shape index (κ2) is 9.71. The third kappa shape index (κ3) is 5.69. The minimum absolute atomic E-state index is 0.00178. The van der Waals surface area contributed by atoms with Crippen LogP contribution in [0.3, 0.4) is 0 Å². The molecule has 0 aliphatic heterocycles. The summed E-state index contributed by atoms with van der Waals surface area (Å²) in [5.74, 6) is 0.614. The van der Waals surface area contributed by atoms with Gasteiger partial charge in [-0.1, -0.05) is 44.2 Å². The van der Waals surface area contributed by atoms with E-state index in [0.717, 1.165) is 38.0 Å². The summed E-state index contributed by atoms with van der Waals surface area (Å²) in [4.78, 5) is 18.8. The highest BCUT2D eigenvalue weighted by atomic mass is 16.1. The zero-order valence-corrected chi connectivity index (χ0v) is 14.7. The Kier molecular flexibility index (Phi) is 7.27. The maximum absolute atomic E-state index is 12.0. The van der Waals surface area contributed by atoms with Gasteiger partial charge in [-0.2, -0.15) is 0 Å². The third-order valence-corrected chi connectivity index (χ3v) is 3.85. The van der Waals surface area contributed by atoms with Crippen LogP contribution >= 0.6 is 0 Å². The van der Waals surface area contributed by atoms with E-state index in [-0.39, 0.29) is 5.91 Å². The Labute approximate surface area is 144 Å². The molecule has 4 nitrogen and oxygen atoms in total. The predicted molar refractivity (Wildman–Crippen MR) is 100 cm³/mol. The van der Waals surface area contributed by atoms with Gasteiger partial charge in [-0.05, 0) is 37.0 Å². The normalized spacial score (nSPS) is 10.4. The molecule has 2 rings (SSSR count). The summed E-state index contributed by atoms with van der Waals surface area (Å²) in [6.45, 7) is 6.41. The van der Waals surface area contributed by atoms with Crippen molar-refractivity contribution in [2.24, 2.45) is 0 Å². The number of pyridine rings is 1. The molecule has 0 spiro atoms. The van der Waals surface area contributed by atoms with Crippen LogP contribution in [-0.4, -0.2) is 24.0 Å². The number of nitrogens with one attached hydrogen (secondary N) is 1. The van der Waals surface area contributed by atoms with Gasteiger partial charge in [0, 0.05) is 19.5 Å². The van der Waals surface area contributed by atoms with Crippen LogP contribution in [0.4, 0.5) is 11.5 Å². The zero-order valence-electron chi connectivity index (χ0n) is 14.7. The number of amides is 1. The number of aromatic nitrogens is 1. The molecule has 4 heteroatoms. The van der Waals surface area contributed by atoms with E-state index in [1.54, 1.807) is 0 Å². The third-order valence-electron chi connectivity index (χ3n) is 3.85. The lowest BCUT2D eigenvalue weighted by atomic mass is 10.1. The van der Waals surface area contributed by atoms with E-state index < -0.39 is 0 Å². The predicted octanol–water partition coefficient (Wildman–Crippen LogP) is 4.28. The molecule has 1 aromatic carbocycles. The first-order valence-electron chi connectivity index (χ1n) is 8.77. The first kappa shape index (κ1) is 18.0. The fourth-order valence-corrected chi connectivity index (χ4v) is 2.66. The Morgan fingerprint density at radius 1 is 1.04 bits per heavy atom. The smallest absolute Gasteiger partial charge is 0.225 e. The number of anilines is 2. The quantitative estimate of drug-likeness (QED) is 0.748. The SMILES string of the molecule is CCCN(CCC)c1ccc(NC(=O)CCc2ccccc2)nc1. The van der Waals surface area contributed by atoms with Gasteiger partial charge in [0.1, 0.15) is 5.82 Å². The number of carbonyl (C=O) groups excluding carboxylic acids is 1. The second-order valence-electron chi connectivity index (χ2n) is 5.92. The van der Waals surface area contributed by atoms with E-state index in [4.69, 9.17) is 0 Å². The molecule has 128 valence electrons. The van der Waals surface area contributed by atoms with Crippen LogP contribution < -0.4 is 10.2 Å². The van der Waals surface area contributed by atoms with Gasteiger partial charge in [0.2, 0.25) is 5.91 Å². The highest BCUT2D eigenvalue weighted by molar-refractivity contribution is 5.89. The van der Waals surface area contributed by atoms with Gasteiger partial charge >= 0.3 is 0 Å². The molecule has 0 unspecified atom stereocenters. The zero-order chi connectivity index (χ0) is 17.2. The van der Waals surface area contributed by atoms with Crippen molar-refractivity contribution in [3.63, 3.8) is 0 Å². The fraction of sp³-hybridized carbons (Fsp3) is 0.400. The molecule has 1 amide bonds. The minimum atomic E-state index is -0.00178. The molecule has 2 aromatic rings. The molecule has 0 aliphatic rings. The Morgan fingerprint density at radius 2 is 1.75 bits per heavy atom. The van der Waals surface area contributed by atoms with Gasteiger partial charge < -0.3 is 10.2 Å². The van der Waals surface area contributed by atoms with Crippen LogP contribution in [0.5, 0.6) is 0 Å². The van der Waals surface area contributed by atoms with Gasteiger partial charge in [-0.15, -0.1) is 0 Å². The van der Waals surface area contributed by atoms with Crippen molar-refractivity contribution in [3.05, 3.63) is 54.2 Å². The van der Waals surface area contributed by atoms with E-state index in [0.29, 0.717) is 12.2 Å². The summed E-state index contributed by atoms with van der Waals surface area (Å²) in [6, 6.07) is 14.0. The maximum atomic E-state index is 12.0. The van der Waals surface area contributed by atoms with Crippen molar-refractivity contribution in [1.29, 1.82) is 0 Å². The van der Waals surface area contributed by atoms with Crippen LogP contribution in [0, 0.1) is 0 Å². The van der Waals surface area contributed by atoms with Gasteiger partial charge in [0.05, 0.1) is 11.9 Å². The van der Waals surface area contributed by atoms with Crippen molar-refractivity contribution in [2.45, 2.75) is 39.5 Å². The topological polar surface area (TPSA) is 45.2 Å². The fourth-order valence-electron chi connectivity index (χ4n) is 2.66. The molecule has 1 N–H and O–H groups in total. The molecular formula is C20H27N3O. The first-order valence-corrected chi connectivity index (χ1v) is 8.77. The van der Waals surface area contributed by atoms with Crippen LogP contribution in [0.1, 0.15) is 38.7 Å². The number of benzene rings is 1. The summed E-state index contributed by atoms with van der Waals surface area (Å²) >= 11 is 0. The Morgan fingerprint density at radius 3 is 2.33 bits per heavy atom. The summed E-state index contributed by atoms with van der Waals surface area (Å²) < 4.78 is 0. The highest BCUT2D eigenvalue weighted by Crippen LogP contribution is 2.16. The molecule has 1 aromatic heterocycles. The van der Waals surface area contributed by atoms with Crippen LogP contribution in [0.25, 0.3) is 0 Å². The molecule has 0 aliphatic carbocycles. The summed E-state index contributed by atoms with van der Waals surface area (Å²) in [5.41, 5.74) is 2.28. The average Bonchev–Trinajstić information content (AvgIpc) is 2.61. The Hall–Kier alpha value is -2.36. The summed E-state index contributed by atoms with van der Waals surface area (Å²) in [6.07, 6.45) is 5.27. The van der Waals surface area contributed by atoms with Gasteiger partial charge in [-0.3, -0.25) is 4.79 Å². The number of nitrogens with zero attached hydrogens (tertiary/aromatic N) is 2. The molecule has 0 radical (unpaired) electrons. The van der Waals surface area contributed by atoms with Crippen molar-refractivity contribution < 1.29 is 4.79 Å². The highest BCUT2D eigenvalue weighted by Gasteiger charge is 2.07. The number of rotatable bonds is 9. The number of hydrogen-bond donors (Lipinski definition) is 1. The second-order valence-corrected chi connectivity index (χ2v) is 5.92. The van der Waals surface area contributed by atoms with Crippen LogP contribution in [-0.2, 0) is 11.2 Å². The number of carbonyl (C=O) groups is 1. The van der Waals surface area contributed by atoms with Crippen LogP contribution in [0.15, 0.2) is 48.7 Å². The molecular weight excluding hydrogens is 298 g/mol. The molecule has 0 bridgehead atoms. The van der Waals surface area contributed by atoms with Gasteiger partial charge in [0.25, 0.3) is 0 Å². The van der Waals surface area contributed by atoms with Crippen molar-refractivity contribution in [3.8, 4) is 0 Å². The van der Waals surface area contributed by atoms with Crippen molar-refractivity contribution in [1.82, 2.24) is 4.98 Å². The largest absolute Gasteiger partial charge is 0.370 e. The van der Waals surface area contributed by atoms with Crippen molar-refractivity contribution >= 4 is 17.4 Å². The molecule has 1 heterocycles. The molecule has 0 atom stereocenters. The molecule has 24 heavy (non-hydrogen) atoms. The lowest BCUT2D eigenvalue weighted by molar-refractivity contribution is -0.116. The lowest BCUT2D eigenvalue weighted by Gasteiger charge is -2.23. The van der Waals surface area contributed by atoms with E-state index in [1.807, 2.05) is 48.7 Å². The lowest BCUT2D eigenvalue weighted by Crippen LogP contribution is -2.25. The van der Waals surface area contributed by atoms with Gasteiger partial charge in [0.15, 0.2) is 0 Å². The minimum Gasteiger partial charge on any atom is -0.370 e. The van der Waals surface area contributed by atoms with Gasteiger partial charge in [-0.25, -0.2) is 4.98 Å². The van der Waals surface area contributed by atoms with E-state index >= 15 is 0 Å². The Bertz CT molecular complexity index is 605. The van der Waals surface area contributed by atoms with E-state index in [1.165, 1.54) is 5.56 Å². The monoisotopic (exact) mass is 325 g/mol. The number of hydrogen-bond acceptors (Lipinski definition) is 3. The van der Waals surface area contributed by atoms with Crippen LogP contribution in [0.2, 0.25) is 0 Å². The number of aryl methyl sites for hydroxylation is 1. The standard InChI is InChI=1S/C20H27N3O/c1-3-14-23(15-4-2)18-11-12-19(21-16-18)22-20(24)13-10-17-8-6-5-7-9-17/h5-9,11-12,16H,3-4,10,13-15H2,1-2H3,(H,21,22,24).